The second-order valence-corrected chi connectivity index (χ2v) is 3.20. The molecule has 0 fully saturated rings. The summed E-state index contributed by atoms with van der Waals surface area (Å²) in [5.74, 6) is 6.39. The second kappa shape index (κ2) is 3.16. The zero-order chi connectivity index (χ0) is 11.0. The van der Waals surface area contributed by atoms with Gasteiger partial charge in [0.25, 0.3) is 0 Å². The smallest absolute Gasteiger partial charge is 0.241 e. The number of phenols is 1. The Kier molecular flexibility index (Phi) is 1.96. The molecule has 0 saturated heterocycles. The molecule has 6 nitrogen and oxygen atoms in total. The topological polar surface area (TPSA) is 103 Å². The quantitative estimate of drug-likeness (QED) is 0.579. The van der Waals surface area contributed by atoms with E-state index in [0.717, 1.165) is 0 Å². The third-order valence-electron chi connectivity index (χ3n) is 2.27. The van der Waals surface area contributed by atoms with E-state index in [9.17, 15) is 5.11 Å². The molecule has 0 unspecified atom stereocenters. The minimum absolute atomic E-state index is 0.132. The summed E-state index contributed by atoms with van der Waals surface area (Å²) >= 11 is 0. The Bertz CT molecular complexity index is 505. The molecule has 15 heavy (non-hydrogen) atoms. The van der Waals surface area contributed by atoms with Gasteiger partial charge in [-0.05, 0) is 13.0 Å². The Morgan fingerprint density at radius 2 is 2.07 bits per heavy atom. The summed E-state index contributed by atoms with van der Waals surface area (Å²) in [7, 11) is 0. The normalized spacial score (nSPS) is 10.5. The first-order valence-corrected chi connectivity index (χ1v) is 4.36. The van der Waals surface area contributed by atoms with Crippen LogP contribution in [0.4, 0.5) is 5.95 Å². The van der Waals surface area contributed by atoms with Gasteiger partial charge >= 0.3 is 0 Å². The largest absolute Gasteiger partial charge is 0.508 e. The van der Waals surface area contributed by atoms with Crippen LogP contribution in [0.25, 0.3) is 11.4 Å². The molecule has 0 radical (unpaired) electrons. The molecule has 1 aromatic heterocycles. The van der Waals surface area contributed by atoms with Crippen LogP contribution in [0.15, 0.2) is 18.2 Å². The minimum atomic E-state index is 0.132. The van der Waals surface area contributed by atoms with Gasteiger partial charge in [0.1, 0.15) is 5.75 Å². The predicted molar refractivity (Wildman–Crippen MR) is 56.4 cm³/mol. The van der Waals surface area contributed by atoms with Gasteiger partial charge in [-0.15, -0.1) is 10.2 Å². The standard InChI is InChI=1S/C9H11N5O/c1-5-6(3-2-4-7(5)15)8-12-13-9(10)14(8)11/h2-4,15H,11H2,1H3,(H2,10,13). The molecule has 2 aromatic rings. The van der Waals surface area contributed by atoms with Crippen LogP contribution in [0, 0.1) is 6.92 Å². The van der Waals surface area contributed by atoms with Crippen LogP contribution in [0.3, 0.4) is 0 Å². The lowest BCUT2D eigenvalue weighted by molar-refractivity contribution is 0.471. The third-order valence-corrected chi connectivity index (χ3v) is 2.27. The number of anilines is 1. The van der Waals surface area contributed by atoms with Crippen LogP contribution in [-0.4, -0.2) is 20.0 Å². The minimum Gasteiger partial charge on any atom is -0.508 e. The van der Waals surface area contributed by atoms with Crippen LogP contribution in [-0.2, 0) is 0 Å². The number of rotatable bonds is 1. The van der Waals surface area contributed by atoms with Crippen molar-refractivity contribution < 1.29 is 5.11 Å². The molecule has 0 spiro atoms. The number of nitrogens with zero attached hydrogens (tertiary/aromatic N) is 3. The van der Waals surface area contributed by atoms with Crippen LogP contribution < -0.4 is 11.6 Å². The molecule has 0 bridgehead atoms. The van der Waals surface area contributed by atoms with Crippen molar-refractivity contribution in [3.63, 3.8) is 0 Å². The van der Waals surface area contributed by atoms with Crippen LogP contribution in [0.5, 0.6) is 5.75 Å². The number of nitrogen functional groups attached to an aromatic ring is 2. The average molecular weight is 205 g/mol. The molecule has 0 amide bonds. The molecule has 78 valence electrons. The molecular weight excluding hydrogens is 194 g/mol. The van der Waals surface area contributed by atoms with Gasteiger partial charge in [0.2, 0.25) is 5.95 Å². The molecule has 0 atom stereocenters. The van der Waals surface area contributed by atoms with Crippen molar-refractivity contribution in [2.45, 2.75) is 6.92 Å². The summed E-state index contributed by atoms with van der Waals surface area (Å²) in [5.41, 5.74) is 6.87. The maximum atomic E-state index is 9.53. The summed E-state index contributed by atoms with van der Waals surface area (Å²) < 4.78 is 1.18. The Morgan fingerprint density at radius 3 is 2.67 bits per heavy atom. The monoisotopic (exact) mass is 205 g/mol. The number of nitrogens with two attached hydrogens (primary N) is 2. The first-order valence-electron chi connectivity index (χ1n) is 4.36. The van der Waals surface area contributed by atoms with E-state index in [1.165, 1.54) is 4.68 Å². The Hall–Kier alpha value is -2.24. The van der Waals surface area contributed by atoms with Gasteiger partial charge in [-0.25, -0.2) is 4.68 Å². The van der Waals surface area contributed by atoms with Crippen molar-refractivity contribution in [1.29, 1.82) is 0 Å². The van der Waals surface area contributed by atoms with E-state index < -0.39 is 0 Å². The van der Waals surface area contributed by atoms with E-state index in [2.05, 4.69) is 10.2 Å². The fourth-order valence-electron chi connectivity index (χ4n) is 1.35. The van der Waals surface area contributed by atoms with Crippen molar-refractivity contribution >= 4 is 5.95 Å². The molecule has 6 heteroatoms. The van der Waals surface area contributed by atoms with Gasteiger partial charge in [0.15, 0.2) is 5.82 Å². The number of benzene rings is 1. The van der Waals surface area contributed by atoms with E-state index >= 15 is 0 Å². The first kappa shape index (κ1) is 9.32. The molecular formula is C9H11N5O. The fraction of sp³-hybridized carbons (Fsp3) is 0.111. The highest BCUT2D eigenvalue weighted by Crippen LogP contribution is 2.27. The van der Waals surface area contributed by atoms with Gasteiger partial charge in [0, 0.05) is 11.1 Å². The Labute approximate surface area is 86.1 Å². The summed E-state index contributed by atoms with van der Waals surface area (Å²) in [6, 6.07) is 5.10. The van der Waals surface area contributed by atoms with Crippen LogP contribution in [0.1, 0.15) is 5.56 Å². The van der Waals surface area contributed by atoms with Gasteiger partial charge < -0.3 is 16.7 Å². The van der Waals surface area contributed by atoms with Gasteiger partial charge in [-0.1, -0.05) is 12.1 Å². The summed E-state index contributed by atoms with van der Waals surface area (Å²) in [6.45, 7) is 1.77. The summed E-state index contributed by atoms with van der Waals surface area (Å²) in [5, 5.41) is 17.0. The number of hydrogen-bond donors (Lipinski definition) is 3. The zero-order valence-corrected chi connectivity index (χ0v) is 8.18. The number of hydrogen-bond acceptors (Lipinski definition) is 5. The molecule has 1 aromatic carbocycles. The van der Waals surface area contributed by atoms with Crippen molar-refractivity contribution in [3.05, 3.63) is 23.8 Å². The predicted octanol–water partition coefficient (Wildman–Crippen LogP) is 0.255. The number of aromatic hydroxyl groups is 1. The SMILES string of the molecule is Cc1c(O)cccc1-c1nnc(N)n1N. The van der Waals surface area contributed by atoms with E-state index in [-0.39, 0.29) is 11.7 Å². The fourth-order valence-corrected chi connectivity index (χ4v) is 1.35. The molecule has 0 aliphatic carbocycles. The van der Waals surface area contributed by atoms with Crippen molar-refractivity contribution in [1.82, 2.24) is 14.9 Å². The summed E-state index contributed by atoms with van der Waals surface area (Å²) in [6.07, 6.45) is 0. The maximum absolute atomic E-state index is 9.53. The van der Waals surface area contributed by atoms with E-state index in [0.29, 0.717) is 17.0 Å². The lowest BCUT2D eigenvalue weighted by Gasteiger charge is -2.06. The summed E-state index contributed by atoms with van der Waals surface area (Å²) in [4.78, 5) is 0. The maximum Gasteiger partial charge on any atom is 0.241 e. The van der Waals surface area contributed by atoms with E-state index in [4.69, 9.17) is 11.6 Å². The highest BCUT2D eigenvalue weighted by molar-refractivity contribution is 5.64. The van der Waals surface area contributed by atoms with Gasteiger partial charge in [-0.3, -0.25) is 0 Å². The van der Waals surface area contributed by atoms with Crippen LogP contribution >= 0.6 is 0 Å². The highest BCUT2D eigenvalue weighted by Gasteiger charge is 2.12. The average Bonchev–Trinajstić information content (AvgIpc) is 2.53. The molecule has 1 heterocycles. The first-order chi connectivity index (χ1) is 7.11. The van der Waals surface area contributed by atoms with Crippen molar-refractivity contribution in [2.24, 2.45) is 0 Å². The van der Waals surface area contributed by atoms with E-state index in [1.807, 2.05) is 0 Å². The lowest BCUT2D eigenvalue weighted by Crippen LogP contribution is -2.13. The number of aromatic nitrogens is 3. The third kappa shape index (κ3) is 1.35. The number of phenolic OH excluding ortho intramolecular Hbond substituents is 1. The van der Waals surface area contributed by atoms with Gasteiger partial charge in [-0.2, -0.15) is 0 Å². The Morgan fingerprint density at radius 1 is 1.33 bits per heavy atom. The lowest BCUT2D eigenvalue weighted by atomic mass is 10.1. The molecule has 5 N–H and O–H groups in total. The van der Waals surface area contributed by atoms with Crippen molar-refractivity contribution in [2.75, 3.05) is 11.6 Å². The van der Waals surface area contributed by atoms with Crippen molar-refractivity contribution in [3.8, 4) is 17.1 Å². The van der Waals surface area contributed by atoms with Crippen LogP contribution in [0.2, 0.25) is 0 Å². The van der Waals surface area contributed by atoms with Gasteiger partial charge in [0.05, 0.1) is 0 Å². The molecule has 0 aliphatic rings. The Balaban J connectivity index is 2.64. The molecule has 0 saturated carbocycles. The second-order valence-electron chi connectivity index (χ2n) is 3.20. The highest BCUT2D eigenvalue weighted by atomic mass is 16.3. The molecule has 2 rings (SSSR count). The zero-order valence-electron chi connectivity index (χ0n) is 8.18. The van der Waals surface area contributed by atoms with E-state index in [1.54, 1.807) is 25.1 Å². The molecule has 0 aliphatic heterocycles.